The summed E-state index contributed by atoms with van der Waals surface area (Å²) in [5.74, 6) is 0.574. The average molecular weight is 286 g/mol. The summed E-state index contributed by atoms with van der Waals surface area (Å²) >= 11 is 0. The van der Waals surface area contributed by atoms with Gasteiger partial charge >= 0.3 is 0 Å². The molecule has 0 amide bonds. The van der Waals surface area contributed by atoms with Gasteiger partial charge in [0.05, 0.1) is 0 Å². The fourth-order valence-corrected chi connectivity index (χ4v) is 3.56. The lowest BCUT2D eigenvalue weighted by molar-refractivity contribution is 0.247. The van der Waals surface area contributed by atoms with E-state index in [2.05, 4.69) is 41.5 Å². The molecule has 0 radical (unpaired) electrons. The molecule has 0 spiro atoms. The Morgan fingerprint density at radius 1 is 1.38 bits per heavy atom. The Hall–Kier alpha value is -1.32. The number of benzene rings is 1. The molecule has 3 rings (SSSR count). The van der Waals surface area contributed by atoms with Crippen LogP contribution in [0, 0.1) is 5.92 Å². The predicted molar refractivity (Wildman–Crippen MR) is 87.5 cm³/mol. The van der Waals surface area contributed by atoms with Crippen molar-refractivity contribution in [1.29, 1.82) is 0 Å². The number of aryl methyl sites for hydroxylation is 1. The summed E-state index contributed by atoms with van der Waals surface area (Å²) in [6, 6.07) is 9.07. The third-order valence-electron chi connectivity index (χ3n) is 4.88. The van der Waals surface area contributed by atoms with Crippen molar-refractivity contribution < 1.29 is 5.11 Å². The van der Waals surface area contributed by atoms with Crippen molar-refractivity contribution in [3.05, 3.63) is 35.5 Å². The fraction of sp³-hybridized carbons (Fsp3) is 0.556. The number of H-pyrrole nitrogens is 1. The van der Waals surface area contributed by atoms with Gasteiger partial charge in [0.1, 0.15) is 0 Å². The maximum Gasteiger partial charge on any atom is 0.0476 e. The molecule has 0 bridgehead atoms. The molecule has 0 fully saturated rings. The number of aromatic nitrogens is 1. The van der Waals surface area contributed by atoms with Crippen LogP contribution in [0.3, 0.4) is 0 Å². The predicted octanol–water partition coefficient (Wildman–Crippen LogP) is 3.54. The number of rotatable bonds is 6. The molecule has 1 aromatic heterocycles. The maximum absolute atomic E-state index is 9.12. The summed E-state index contributed by atoms with van der Waals surface area (Å²) in [5.41, 5.74) is 4.16. The monoisotopic (exact) mass is 286 g/mol. The summed E-state index contributed by atoms with van der Waals surface area (Å²) in [5, 5.41) is 14.2. The van der Waals surface area contributed by atoms with Crippen molar-refractivity contribution in [2.45, 2.75) is 45.1 Å². The SMILES string of the molecule is CCC(CCO)CNC1CCCc2c1[nH]c1ccccc21. The second kappa shape index (κ2) is 6.63. The van der Waals surface area contributed by atoms with Gasteiger partial charge in [0.2, 0.25) is 0 Å². The van der Waals surface area contributed by atoms with E-state index in [1.165, 1.54) is 41.4 Å². The van der Waals surface area contributed by atoms with E-state index >= 15 is 0 Å². The zero-order valence-corrected chi connectivity index (χ0v) is 12.9. The lowest BCUT2D eigenvalue weighted by Gasteiger charge is -2.26. The van der Waals surface area contributed by atoms with Gasteiger partial charge in [0.25, 0.3) is 0 Å². The molecular weight excluding hydrogens is 260 g/mol. The van der Waals surface area contributed by atoms with E-state index in [1.807, 2.05) is 0 Å². The van der Waals surface area contributed by atoms with Gasteiger partial charge in [-0.1, -0.05) is 31.5 Å². The zero-order valence-electron chi connectivity index (χ0n) is 12.9. The average Bonchev–Trinajstić information content (AvgIpc) is 2.91. The number of aliphatic hydroxyl groups excluding tert-OH is 1. The van der Waals surface area contributed by atoms with Crippen LogP contribution in [0.1, 0.15) is 49.9 Å². The first-order valence-electron chi connectivity index (χ1n) is 8.27. The van der Waals surface area contributed by atoms with Crippen molar-refractivity contribution >= 4 is 10.9 Å². The van der Waals surface area contributed by atoms with Crippen LogP contribution in [-0.2, 0) is 6.42 Å². The zero-order chi connectivity index (χ0) is 14.7. The first-order chi connectivity index (χ1) is 10.3. The highest BCUT2D eigenvalue weighted by Gasteiger charge is 2.24. The summed E-state index contributed by atoms with van der Waals surface area (Å²) in [6.07, 6.45) is 5.67. The van der Waals surface area contributed by atoms with E-state index < -0.39 is 0 Å². The minimum absolute atomic E-state index is 0.294. The number of hydrogen-bond acceptors (Lipinski definition) is 2. The third kappa shape index (κ3) is 2.99. The number of aliphatic hydroxyl groups is 1. The highest BCUT2D eigenvalue weighted by atomic mass is 16.3. The van der Waals surface area contributed by atoms with Gasteiger partial charge in [-0.05, 0) is 49.8 Å². The minimum atomic E-state index is 0.294. The summed E-state index contributed by atoms with van der Waals surface area (Å²) in [6.45, 7) is 3.50. The van der Waals surface area contributed by atoms with E-state index in [9.17, 15) is 0 Å². The van der Waals surface area contributed by atoms with Gasteiger partial charge in [-0.3, -0.25) is 0 Å². The van der Waals surface area contributed by atoms with Crippen LogP contribution in [0.25, 0.3) is 10.9 Å². The first kappa shape index (κ1) is 14.6. The number of hydrogen-bond donors (Lipinski definition) is 3. The number of aromatic amines is 1. The lowest BCUT2D eigenvalue weighted by atomic mass is 9.91. The van der Waals surface area contributed by atoms with Crippen LogP contribution in [0.15, 0.2) is 24.3 Å². The normalized spacial score (nSPS) is 19.6. The Morgan fingerprint density at radius 2 is 2.24 bits per heavy atom. The van der Waals surface area contributed by atoms with E-state index in [0.717, 1.165) is 19.4 Å². The molecule has 3 nitrogen and oxygen atoms in total. The van der Waals surface area contributed by atoms with E-state index in [4.69, 9.17) is 5.11 Å². The summed E-state index contributed by atoms with van der Waals surface area (Å²) in [7, 11) is 0. The van der Waals surface area contributed by atoms with E-state index in [1.54, 1.807) is 0 Å². The van der Waals surface area contributed by atoms with Gasteiger partial charge in [0, 0.05) is 29.2 Å². The van der Waals surface area contributed by atoms with Crippen LogP contribution in [-0.4, -0.2) is 23.2 Å². The Labute approximate surface area is 126 Å². The maximum atomic E-state index is 9.12. The number of fused-ring (bicyclic) bond motifs is 3. The highest BCUT2D eigenvalue weighted by Crippen LogP contribution is 2.34. The molecule has 0 aliphatic heterocycles. The molecule has 1 aromatic carbocycles. The fourth-order valence-electron chi connectivity index (χ4n) is 3.56. The Bertz CT molecular complexity index is 590. The van der Waals surface area contributed by atoms with E-state index in [0.29, 0.717) is 18.6 Å². The Kier molecular flexibility index (Phi) is 4.61. The lowest BCUT2D eigenvalue weighted by Crippen LogP contribution is -2.30. The second-order valence-corrected chi connectivity index (χ2v) is 6.20. The topological polar surface area (TPSA) is 48.0 Å². The molecule has 1 aliphatic carbocycles. The largest absolute Gasteiger partial charge is 0.396 e. The standard InChI is InChI=1S/C18H26N2O/c1-2-13(10-11-21)12-19-17-9-5-7-15-14-6-3-4-8-16(14)20-18(15)17/h3-4,6,8,13,17,19-21H,2,5,7,9-12H2,1H3. The van der Waals surface area contributed by atoms with Crippen LogP contribution >= 0.6 is 0 Å². The summed E-state index contributed by atoms with van der Waals surface area (Å²) < 4.78 is 0. The third-order valence-corrected chi connectivity index (χ3v) is 4.88. The molecule has 0 saturated heterocycles. The van der Waals surface area contributed by atoms with Gasteiger partial charge < -0.3 is 15.4 Å². The van der Waals surface area contributed by atoms with Gasteiger partial charge in [-0.2, -0.15) is 0 Å². The first-order valence-corrected chi connectivity index (χ1v) is 8.27. The Morgan fingerprint density at radius 3 is 3.05 bits per heavy atom. The molecule has 114 valence electrons. The van der Waals surface area contributed by atoms with Crippen molar-refractivity contribution in [2.24, 2.45) is 5.92 Å². The van der Waals surface area contributed by atoms with Gasteiger partial charge in [-0.15, -0.1) is 0 Å². The molecule has 2 aromatic rings. The quantitative estimate of drug-likeness (QED) is 0.760. The molecule has 3 heteroatoms. The van der Waals surface area contributed by atoms with Gasteiger partial charge in [0.15, 0.2) is 0 Å². The van der Waals surface area contributed by atoms with E-state index in [-0.39, 0.29) is 0 Å². The van der Waals surface area contributed by atoms with Crippen LogP contribution in [0.2, 0.25) is 0 Å². The van der Waals surface area contributed by atoms with Crippen molar-refractivity contribution in [3.63, 3.8) is 0 Å². The van der Waals surface area contributed by atoms with Gasteiger partial charge in [-0.25, -0.2) is 0 Å². The molecule has 21 heavy (non-hydrogen) atoms. The number of para-hydroxylation sites is 1. The summed E-state index contributed by atoms with van der Waals surface area (Å²) in [4.78, 5) is 3.63. The van der Waals surface area contributed by atoms with Crippen molar-refractivity contribution in [1.82, 2.24) is 10.3 Å². The van der Waals surface area contributed by atoms with Crippen LogP contribution in [0.5, 0.6) is 0 Å². The molecule has 2 unspecified atom stereocenters. The second-order valence-electron chi connectivity index (χ2n) is 6.20. The van der Waals surface area contributed by atoms with Crippen molar-refractivity contribution in [2.75, 3.05) is 13.2 Å². The molecule has 1 heterocycles. The van der Waals surface area contributed by atoms with Crippen molar-refractivity contribution in [3.8, 4) is 0 Å². The molecule has 3 N–H and O–H groups in total. The Balaban J connectivity index is 1.77. The molecule has 1 aliphatic rings. The smallest absolute Gasteiger partial charge is 0.0476 e. The van der Waals surface area contributed by atoms with Crippen LogP contribution < -0.4 is 5.32 Å². The highest BCUT2D eigenvalue weighted by molar-refractivity contribution is 5.85. The minimum Gasteiger partial charge on any atom is -0.396 e. The van der Waals surface area contributed by atoms with Crippen LogP contribution in [0.4, 0.5) is 0 Å². The molecular formula is C18H26N2O. The molecule has 2 atom stereocenters. The molecule has 0 saturated carbocycles. The number of nitrogens with one attached hydrogen (secondary N) is 2.